The van der Waals surface area contributed by atoms with Crippen LogP contribution < -0.4 is 15.1 Å². The number of anilines is 3. The number of hydrogen-bond donors (Lipinski definition) is 1. The van der Waals surface area contributed by atoms with Crippen LogP contribution >= 0.6 is 0 Å². The Morgan fingerprint density at radius 3 is 2.54 bits per heavy atom. The third-order valence-electron chi connectivity index (χ3n) is 5.08. The number of rotatable bonds is 4. The van der Waals surface area contributed by atoms with E-state index >= 15 is 0 Å². The fourth-order valence-electron chi connectivity index (χ4n) is 3.59. The van der Waals surface area contributed by atoms with Gasteiger partial charge in [-0.2, -0.15) is 5.10 Å². The summed E-state index contributed by atoms with van der Waals surface area (Å²) in [6, 6.07) is 11.3. The molecule has 1 fully saturated rings. The van der Waals surface area contributed by atoms with E-state index in [0.717, 1.165) is 43.0 Å². The summed E-state index contributed by atoms with van der Waals surface area (Å²) < 4.78 is 1.89. The van der Waals surface area contributed by atoms with Crippen molar-refractivity contribution in [2.75, 3.05) is 42.3 Å². The van der Waals surface area contributed by atoms with Crippen molar-refractivity contribution in [3.63, 3.8) is 0 Å². The summed E-state index contributed by atoms with van der Waals surface area (Å²) in [6.45, 7) is 4.12. The second kappa shape index (κ2) is 6.86. The molecule has 26 heavy (non-hydrogen) atoms. The fourth-order valence-corrected chi connectivity index (χ4v) is 3.59. The van der Waals surface area contributed by atoms with E-state index in [1.807, 2.05) is 23.8 Å². The summed E-state index contributed by atoms with van der Waals surface area (Å²) in [4.78, 5) is 9.13. The number of nitrogens with zero attached hydrogens (tertiary/aromatic N) is 5. The van der Waals surface area contributed by atoms with Crippen molar-refractivity contribution < 1.29 is 0 Å². The molecule has 0 unspecified atom stereocenters. The fraction of sp³-hybridized carbons (Fsp3) is 0.400. The van der Waals surface area contributed by atoms with Crippen LogP contribution in [0.15, 0.2) is 42.7 Å². The molecular weight excluding hydrogens is 324 g/mol. The number of aryl methyl sites for hydroxylation is 1. The lowest BCUT2D eigenvalue weighted by molar-refractivity contribution is 0.525. The molecule has 3 aromatic rings. The van der Waals surface area contributed by atoms with Gasteiger partial charge in [-0.25, -0.2) is 9.50 Å². The van der Waals surface area contributed by atoms with Gasteiger partial charge in [-0.1, -0.05) is 0 Å². The summed E-state index contributed by atoms with van der Waals surface area (Å²) >= 11 is 0. The average Bonchev–Trinajstić information content (AvgIpc) is 3.04. The third-order valence-corrected chi connectivity index (χ3v) is 5.08. The standard InChI is InChI=1S/C20H26N6/c1-15-14-19-20(21-10-13-26(19)23-15)22-16-8-11-25(12-9-16)18-6-4-17(5-7-18)24(2)3/h4-7,10,13-14,16H,8-9,11-12H2,1-3H3,(H,21,22). The molecule has 0 bridgehead atoms. The van der Waals surface area contributed by atoms with Crippen molar-refractivity contribution >= 4 is 22.7 Å². The van der Waals surface area contributed by atoms with Gasteiger partial charge in [0.05, 0.1) is 5.69 Å². The highest BCUT2D eigenvalue weighted by atomic mass is 15.2. The van der Waals surface area contributed by atoms with Gasteiger partial charge in [0.2, 0.25) is 0 Å². The van der Waals surface area contributed by atoms with Crippen LogP contribution in [0.5, 0.6) is 0 Å². The molecule has 6 nitrogen and oxygen atoms in total. The highest BCUT2D eigenvalue weighted by Gasteiger charge is 2.20. The van der Waals surface area contributed by atoms with Crippen molar-refractivity contribution in [1.29, 1.82) is 0 Å². The van der Waals surface area contributed by atoms with Gasteiger partial charge in [-0.15, -0.1) is 0 Å². The van der Waals surface area contributed by atoms with Crippen LogP contribution in [0.4, 0.5) is 17.2 Å². The zero-order chi connectivity index (χ0) is 18.1. The molecule has 6 heteroatoms. The van der Waals surface area contributed by atoms with Gasteiger partial charge in [0.1, 0.15) is 5.52 Å². The van der Waals surface area contributed by atoms with E-state index in [1.165, 1.54) is 11.4 Å². The van der Waals surface area contributed by atoms with Crippen LogP contribution in [0, 0.1) is 6.92 Å². The van der Waals surface area contributed by atoms with Crippen LogP contribution in [-0.2, 0) is 0 Å². The molecule has 1 aliphatic heterocycles. The summed E-state index contributed by atoms with van der Waals surface area (Å²) in [7, 11) is 4.14. The number of fused-ring (bicyclic) bond motifs is 1. The molecule has 0 radical (unpaired) electrons. The zero-order valence-electron chi connectivity index (χ0n) is 15.7. The molecule has 0 atom stereocenters. The van der Waals surface area contributed by atoms with Crippen LogP contribution in [0.3, 0.4) is 0 Å². The van der Waals surface area contributed by atoms with E-state index in [0.29, 0.717) is 6.04 Å². The van der Waals surface area contributed by atoms with E-state index in [9.17, 15) is 0 Å². The maximum absolute atomic E-state index is 4.53. The molecule has 1 N–H and O–H groups in total. The second-order valence-electron chi connectivity index (χ2n) is 7.21. The molecule has 1 aliphatic rings. The maximum atomic E-state index is 4.53. The number of piperidine rings is 1. The highest BCUT2D eigenvalue weighted by molar-refractivity contribution is 5.68. The van der Waals surface area contributed by atoms with Gasteiger partial charge in [0, 0.05) is 57.0 Å². The number of benzene rings is 1. The van der Waals surface area contributed by atoms with E-state index < -0.39 is 0 Å². The Kier molecular flexibility index (Phi) is 4.41. The molecule has 2 aromatic heterocycles. The minimum Gasteiger partial charge on any atom is -0.378 e. The lowest BCUT2D eigenvalue weighted by Gasteiger charge is -2.34. The lowest BCUT2D eigenvalue weighted by atomic mass is 10.0. The van der Waals surface area contributed by atoms with Crippen LogP contribution in [-0.4, -0.2) is 47.8 Å². The Labute approximate surface area is 154 Å². The summed E-state index contributed by atoms with van der Waals surface area (Å²) in [5.74, 6) is 0.932. The minimum atomic E-state index is 0.446. The van der Waals surface area contributed by atoms with E-state index in [4.69, 9.17) is 0 Å². The summed E-state index contributed by atoms with van der Waals surface area (Å²) in [5.41, 5.74) is 4.60. The monoisotopic (exact) mass is 350 g/mol. The van der Waals surface area contributed by atoms with Crippen molar-refractivity contribution in [1.82, 2.24) is 14.6 Å². The molecular formula is C20H26N6. The molecule has 0 amide bonds. The van der Waals surface area contributed by atoms with Gasteiger partial charge in [0.25, 0.3) is 0 Å². The molecule has 1 aromatic carbocycles. The average molecular weight is 350 g/mol. The summed E-state index contributed by atoms with van der Waals surface area (Å²) in [6.07, 6.45) is 5.91. The SMILES string of the molecule is Cc1cc2c(NC3CCN(c4ccc(N(C)C)cc4)CC3)nccn2n1. The van der Waals surface area contributed by atoms with Gasteiger partial charge in [0.15, 0.2) is 5.82 Å². The van der Waals surface area contributed by atoms with E-state index in [2.05, 4.69) is 69.6 Å². The topological polar surface area (TPSA) is 48.7 Å². The van der Waals surface area contributed by atoms with Crippen LogP contribution in [0.25, 0.3) is 5.52 Å². The molecule has 0 saturated carbocycles. The third kappa shape index (κ3) is 3.31. The first-order valence-corrected chi connectivity index (χ1v) is 9.20. The Balaban J connectivity index is 1.40. The molecule has 4 rings (SSSR count). The normalized spacial score (nSPS) is 15.4. The largest absolute Gasteiger partial charge is 0.378 e. The zero-order valence-corrected chi connectivity index (χ0v) is 15.7. The highest BCUT2D eigenvalue weighted by Crippen LogP contribution is 2.25. The van der Waals surface area contributed by atoms with Gasteiger partial charge >= 0.3 is 0 Å². The number of aromatic nitrogens is 3. The predicted molar refractivity (Wildman–Crippen MR) is 107 cm³/mol. The van der Waals surface area contributed by atoms with Crippen molar-refractivity contribution in [3.8, 4) is 0 Å². The quantitative estimate of drug-likeness (QED) is 0.783. The predicted octanol–water partition coefficient (Wildman–Crippen LogP) is 3.18. The smallest absolute Gasteiger partial charge is 0.152 e. The molecule has 0 aliphatic carbocycles. The number of nitrogens with one attached hydrogen (secondary N) is 1. The Morgan fingerprint density at radius 1 is 1.12 bits per heavy atom. The van der Waals surface area contributed by atoms with Gasteiger partial charge in [-0.3, -0.25) is 0 Å². The van der Waals surface area contributed by atoms with E-state index in [1.54, 1.807) is 0 Å². The Hall–Kier alpha value is -2.76. The summed E-state index contributed by atoms with van der Waals surface area (Å²) in [5, 5.41) is 8.09. The molecule has 0 spiro atoms. The molecule has 3 heterocycles. The van der Waals surface area contributed by atoms with Gasteiger partial charge in [-0.05, 0) is 50.1 Å². The number of hydrogen-bond acceptors (Lipinski definition) is 5. The van der Waals surface area contributed by atoms with Crippen LogP contribution in [0.1, 0.15) is 18.5 Å². The second-order valence-corrected chi connectivity index (χ2v) is 7.21. The molecule has 136 valence electrons. The van der Waals surface area contributed by atoms with E-state index in [-0.39, 0.29) is 0 Å². The van der Waals surface area contributed by atoms with Crippen molar-refractivity contribution in [2.24, 2.45) is 0 Å². The first kappa shape index (κ1) is 16.7. The lowest BCUT2D eigenvalue weighted by Crippen LogP contribution is -2.39. The maximum Gasteiger partial charge on any atom is 0.152 e. The Bertz CT molecular complexity index is 875. The first-order chi connectivity index (χ1) is 12.6. The van der Waals surface area contributed by atoms with Crippen molar-refractivity contribution in [3.05, 3.63) is 48.4 Å². The van der Waals surface area contributed by atoms with Crippen LogP contribution in [0.2, 0.25) is 0 Å². The minimum absolute atomic E-state index is 0.446. The van der Waals surface area contributed by atoms with Crippen molar-refractivity contribution in [2.45, 2.75) is 25.8 Å². The molecule has 1 saturated heterocycles. The van der Waals surface area contributed by atoms with Gasteiger partial charge < -0.3 is 15.1 Å². The Morgan fingerprint density at radius 2 is 1.85 bits per heavy atom. The first-order valence-electron chi connectivity index (χ1n) is 9.20.